The molecule has 1 N–H and O–H groups in total. The molecule has 1 amide bonds. The summed E-state index contributed by atoms with van der Waals surface area (Å²) in [4.78, 5) is 11.3. The standard InChI is InChI=1S/C10H10N2O/c1-7-4-3-5-9(8(7)2)10(13)12-6-11/h3-5H,1-2H3,(H,12,13). The molecular weight excluding hydrogens is 164 g/mol. The number of amides is 1. The second-order valence-corrected chi connectivity index (χ2v) is 2.81. The second-order valence-electron chi connectivity index (χ2n) is 2.81. The predicted octanol–water partition coefficient (Wildman–Crippen LogP) is 1.51. The van der Waals surface area contributed by atoms with Crippen LogP contribution >= 0.6 is 0 Å². The Kier molecular flexibility index (Phi) is 2.65. The molecule has 0 aromatic heterocycles. The summed E-state index contributed by atoms with van der Waals surface area (Å²) < 4.78 is 0. The van der Waals surface area contributed by atoms with Gasteiger partial charge in [0.2, 0.25) is 0 Å². The van der Waals surface area contributed by atoms with Gasteiger partial charge in [-0.1, -0.05) is 12.1 Å². The van der Waals surface area contributed by atoms with E-state index < -0.39 is 0 Å². The van der Waals surface area contributed by atoms with Crippen LogP contribution in [-0.4, -0.2) is 5.91 Å². The fourth-order valence-electron chi connectivity index (χ4n) is 1.12. The van der Waals surface area contributed by atoms with E-state index in [2.05, 4.69) is 5.32 Å². The predicted molar refractivity (Wildman–Crippen MR) is 49.0 cm³/mol. The lowest BCUT2D eigenvalue weighted by Crippen LogP contribution is -2.18. The molecule has 0 bridgehead atoms. The maximum absolute atomic E-state index is 11.3. The Balaban J connectivity index is 3.09. The van der Waals surface area contributed by atoms with Crippen molar-refractivity contribution in [1.29, 1.82) is 5.26 Å². The van der Waals surface area contributed by atoms with Crippen molar-refractivity contribution in [3.63, 3.8) is 0 Å². The summed E-state index contributed by atoms with van der Waals surface area (Å²) in [7, 11) is 0. The smallest absolute Gasteiger partial charge is 0.264 e. The van der Waals surface area contributed by atoms with E-state index in [1.54, 1.807) is 18.3 Å². The van der Waals surface area contributed by atoms with Gasteiger partial charge in [-0.25, -0.2) is 0 Å². The van der Waals surface area contributed by atoms with E-state index in [-0.39, 0.29) is 5.91 Å². The highest BCUT2D eigenvalue weighted by molar-refractivity contribution is 5.96. The Labute approximate surface area is 77.0 Å². The van der Waals surface area contributed by atoms with Gasteiger partial charge in [0.25, 0.3) is 5.91 Å². The molecule has 1 aromatic rings. The van der Waals surface area contributed by atoms with Crippen LogP contribution in [0.4, 0.5) is 0 Å². The number of hydrogen-bond donors (Lipinski definition) is 1. The van der Waals surface area contributed by atoms with E-state index in [1.807, 2.05) is 19.9 Å². The number of nitriles is 1. The third-order valence-corrected chi connectivity index (χ3v) is 2.02. The van der Waals surface area contributed by atoms with Crippen LogP contribution in [-0.2, 0) is 0 Å². The van der Waals surface area contributed by atoms with Crippen LogP contribution in [0, 0.1) is 25.3 Å². The lowest BCUT2D eigenvalue weighted by Gasteiger charge is -2.04. The molecule has 0 radical (unpaired) electrons. The largest absolute Gasteiger partial charge is 0.268 e. The molecule has 3 nitrogen and oxygen atoms in total. The van der Waals surface area contributed by atoms with Gasteiger partial charge >= 0.3 is 0 Å². The maximum atomic E-state index is 11.3. The Morgan fingerprint density at radius 3 is 2.77 bits per heavy atom. The van der Waals surface area contributed by atoms with Gasteiger partial charge in [-0.2, -0.15) is 5.26 Å². The van der Waals surface area contributed by atoms with Crippen molar-refractivity contribution in [3.05, 3.63) is 34.9 Å². The summed E-state index contributed by atoms with van der Waals surface area (Å²) in [6.45, 7) is 3.79. The quantitative estimate of drug-likeness (QED) is 0.518. The summed E-state index contributed by atoms with van der Waals surface area (Å²) >= 11 is 0. The lowest BCUT2D eigenvalue weighted by atomic mass is 10.0. The zero-order chi connectivity index (χ0) is 9.84. The minimum absolute atomic E-state index is 0.344. The molecule has 0 aliphatic carbocycles. The van der Waals surface area contributed by atoms with Crippen LogP contribution in [0.1, 0.15) is 21.5 Å². The molecule has 0 aliphatic rings. The van der Waals surface area contributed by atoms with Gasteiger partial charge in [0.1, 0.15) is 0 Å². The first-order valence-electron chi connectivity index (χ1n) is 3.92. The van der Waals surface area contributed by atoms with Gasteiger partial charge in [-0.15, -0.1) is 0 Å². The molecule has 3 heteroatoms. The van der Waals surface area contributed by atoms with Crippen molar-refractivity contribution in [1.82, 2.24) is 5.32 Å². The van der Waals surface area contributed by atoms with Crippen LogP contribution in [0.2, 0.25) is 0 Å². The molecule has 0 fully saturated rings. The normalized spacial score (nSPS) is 9.00. The van der Waals surface area contributed by atoms with Crippen molar-refractivity contribution in [2.45, 2.75) is 13.8 Å². The number of carbonyl (C=O) groups excluding carboxylic acids is 1. The van der Waals surface area contributed by atoms with Gasteiger partial charge in [0.15, 0.2) is 6.19 Å². The van der Waals surface area contributed by atoms with E-state index in [1.165, 1.54) is 0 Å². The molecule has 0 heterocycles. The first kappa shape index (κ1) is 9.27. The number of nitrogens with one attached hydrogen (secondary N) is 1. The average molecular weight is 174 g/mol. The summed E-state index contributed by atoms with van der Waals surface area (Å²) in [5.74, 6) is -0.344. The molecule has 1 rings (SSSR count). The number of carbonyl (C=O) groups is 1. The van der Waals surface area contributed by atoms with Crippen molar-refractivity contribution in [3.8, 4) is 6.19 Å². The van der Waals surface area contributed by atoms with Crippen molar-refractivity contribution < 1.29 is 4.79 Å². The Bertz CT molecular complexity index is 377. The molecule has 0 spiro atoms. The summed E-state index contributed by atoms with van der Waals surface area (Å²) in [5.41, 5.74) is 2.52. The van der Waals surface area contributed by atoms with Gasteiger partial charge in [-0.05, 0) is 31.0 Å². The third kappa shape index (κ3) is 1.85. The molecule has 0 aliphatic heterocycles. The number of hydrogen-bond acceptors (Lipinski definition) is 2. The molecule has 0 unspecified atom stereocenters. The van der Waals surface area contributed by atoms with Crippen LogP contribution in [0.15, 0.2) is 18.2 Å². The minimum Gasteiger partial charge on any atom is -0.268 e. The summed E-state index contributed by atoms with van der Waals surface area (Å²) in [6, 6.07) is 5.43. The van der Waals surface area contributed by atoms with Gasteiger partial charge in [0.05, 0.1) is 0 Å². The monoisotopic (exact) mass is 174 g/mol. The van der Waals surface area contributed by atoms with Crippen LogP contribution in [0.3, 0.4) is 0 Å². The van der Waals surface area contributed by atoms with Crippen molar-refractivity contribution >= 4 is 5.91 Å². The molecule has 66 valence electrons. The van der Waals surface area contributed by atoms with Crippen LogP contribution in [0.25, 0.3) is 0 Å². The van der Waals surface area contributed by atoms with Crippen molar-refractivity contribution in [2.24, 2.45) is 0 Å². The topological polar surface area (TPSA) is 52.9 Å². The van der Waals surface area contributed by atoms with Crippen molar-refractivity contribution in [2.75, 3.05) is 0 Å². The molecule has 13 heavy (non-hydrogen) atoms. The molecule has 0 saturated heterocycles. The van der Waals surface area contributed by atoms with E-state index in [4.69, 9.17) is 5.26 Å². The number of nitrogens with zero attached hydrogens (tertiary/aromatic N) is 1. The zero-order valence-corrected chi connectivity index (χ0v) is 7.59. The number of rotatable bonds is 1. The first-order chi connectivity index (χ1) is 6.16. The summed E-state index contributed by atoms with van der Waals surface area (Å²) in [5, 5.41) is 10.4. The SMILES string of the molecule is Cc1cccc(C(=O)NC#N)c1C. The number of benzene rings is 1. The second kappa shape index (κ2) is 3.72. The highest BCUT2D eigenvalue weighted by Gasteiger charge is 2.08. The van der Waals surface area contributed by atoms with E-state index >= 15 is 0 Å². The lowest BCUT2D eigenvalue weighted by molar-refractivity contribution is 0.0972. The molecular formula is C10H10N2O. The van der Waals surface area contributed by atoms with E-state index in [0.29, 0.717) is 5.56 Å². The third-order valence-electron chi connectivity index (χ3n) is 2.02. The molecule has 1 aromatic carbocycles. The number of aryl methyl sites for hydroxylation is 1. The van der Waals surface area contributed by atoms with Crippen LogP contribution in [0.5, 0.6) is 0 Å². The maximum Gasteiger partial charge on any atom is 0.264 e. The summed E-state index contributed by atoms with van der Waals surface area (Å²) in [6.07, 6.45) is 1.61. The Morgan fingerprint density at radius 2 is 2.15 bits per heavy atom. The fraction of sp³-hybridized carbons (Fsp3) is 0.200. The van der Waals surface area contributed by atoms with Gasteiger partial charge in [-0.3, -0.25) is 10.1 Å². The van der Waals surface area contributed by atoms with Crippen LogP contribution < -0.4 is 5.32 Å². The van der Waals surface area contributed by atoms with E-state index in [0.717, 1.165) is 11.1 Å². The van der Waals surface area contributed by atoms with Gasteiger partial charge < -0.3 is 0 Å². The zero-order valence-electron chi connectivity index (χ0n) is 7.59. The first-order valence-corrected chi connectivity index (χ1v) is 3.92. The minimum atomic E-state index is -0.344. The average Bonchev–Trinajstić information content (AvgIpc) is 2.10. The van der Waals surface area contributed by atoms with Gasteiger partial charge in [0, 0.05) is 5.56 Å². The molecule has 0 atom stereocenters. The highest BCUT2D eigenvalue weighted by atomic mass is 16.1. The fourth-order valence-corrected chi connectivity index (χ4v) is 1.12. The Morgan fingerprint density at radius 1 is 1.46 bits per heavy atom. The highest BCUT2D eigenvalue weighted by Crippen LogP contribution is 2.11. The van der Waals surface area contributed by atoms with E-state index in [9.17, 15) is 4.79 Å². The molecule has 0 saturated carbocycles. The Hall–Kier alpha value is -1.82.